The number of aromatic nitrogens is 1. The molecule has 4 nitrogen and oxygen atoms in total. The molecular formula is C34H35BFN4. The van der Waals surface area contributed by atoms with Gasteiger partial charge in [-0.2, -0.15) is 5.12 Å². The molecule has 4 aromatic rings. The summed E-state index contributed by atoms with van der Waals surface area (Å²) in [5.74, 6) is 0. The second-order valence-electron chi connectivity index (χ2n) is 10.2. The van der Waals surface area contributed by atoms with E-state index in [9.17, 15) is 0 Å². The van der Waals surface area contributed by atoms with E-state index in [1.807, 2.05) is 106 Å². The van der Waals surface area contributed by atoms with Gasteiger partial charge in [-0.05, 0) is 98.8 Å². The first-order valence-electron chi connectivity index (χ1n) is 13.7. The van der Waals surface area contributed by atoms with Gasteiger partial charge in [-0.3, -0.25) is 0 Å². The number of para-hydroxylation sites is 2. The summed E-state index contributed by atoms with van der Waals surface area (Å²) in [7, 11) is 1.97. The van der Waals surface area contributed by atoms with Crippen LogP contribution >= 0.6 is 0 Å². The van der Waals surface area contributed by atoms with Crippen molar-refractivity contribution >= 4 is 36.1 Å². The maximum Gasteiger partial charge on any atom is 0.248 e. The Bertz CT molecular complexity index is 1480. The third-order valence-corrected chi connectivity index (χ3v) is 7.34. The van der Waals surface area contributed by atoms with Crippen LogP contribution in [0, 0.1) is 0 Å². The van der Waals surface area contributed by atoms with Crippen LogP contribution in [0.2, 0.25) is 6.82 Å². The monoisotopic (exact) mass is 529 g/mol. The molecule has 1 radical (unpaired) electrons. The number of hydrogen-bond acceptors (Lipinski definition) is 3. The molecule has 1 aliphatic rings. The van der Waals surface area contributed by atoms with Crippen molar-refractivity contribution in [1.82, 2.24) is 9.60 Å². The summed E-state index contributed by atoms with van der Waals surface area (Å²) in [5.41, 5.74) is 12.6. The van der Waals surface area contributed by atoms with E-state index in [0.29, 0.717) is 18.7 Å². The third-order valence-electron chi connectivity index (χ3n) is 7.34. The Morgan fingerprint density at radius 3 is 2.08 bits per heavy atom. The van der Waals surface area contributed by atoms with Gasteiger partial charge in [0.15, 0.2) is 0 Å². The predicted molar refractivity (Wildman–Crippen MR) is 167 cm³/mol. The van der Waals surface area contributed by atoms with Crippen molar-refractivity contribution in [2.24, 2.45) is 5.73 Å². The molecule has 2 heterocycles. The second-order valence-corrected chi connectivity index (χ2v) is 10.2. The highest BCUT2D eigenvalue weighted by Crippen LogP contribution is 2.42. The van der Waals surface area contributed by atoms with E-state index in [0.717, 1.165) is 44.6 Å². The number of anilines is 3. The number of nitrogens with two attached hydrogens (primary N) is 1. The molecule has 3 aromatic carbocycles. The number of halogens is 1. The Morgan fingerprint density at radius 2 is 1.50 bits per heavy atom. The van der Waals surface area contributed by atoms with Gasteiger partial charge in [0.2, 0.25) is 7.41 Å². The Morgan fingerprint density at radius 1 is 0.900 bits per heavy atom. The van der Waals surface area contributed by atoms with Crippen LogP contribution in [0.5, 0.6) is 0 Å². The van der Waals surface area contributed by atoms with Crippen molar-refractivity contribution in [2.75, 3.05) is 11.4 Å². The van der Waals surface area contributed by atoms with Gasteiger partial charge < -0.3 is 15.1 Å². The maximum atomic E-state index is 16.1. The topological polar surface area (TPSA) is 37.4 Å². The fourth-order valence-electron chi connectivity index (χ4n) is 5.42. The second kappa shape index (κ2) is 11.8. The molecule has 40 heavy (non-hydrogen) atoms. The SMILES string of the molecule is C[B]n1cccc1/C(CCN)=C1/C(C)=CC(C)(/C=C/c2ccc(N(c3ccccc3)c3ccccc3)cc2)N1F. The van der Waals surface area contributed by atoms with Crippen molar-refractivity contribution in [1.29, 1.82) is 0 Å². The van der Waals surface area contributed by atoms with Crippen molar-refractivity contribution in [3.8, 4) is 0 Å². The largest absolute Gasteiger partial charge is 0.397 e. The first kappa shape index (κ1) is 27.3. The van der Waals surface area contributed by atoms with E-state index >= 15 is 4.48 Å². The fraction of sp³-hybridized carbons (Fsp3) is 0.176. The molecule has 1 aliphatic heterocycles. The first-order chi connectivity index (χ1) is 19.4. The van der Waals surface area contributed by atoms with Crippen LogP contribution in [-0.2, 0) is 0 Å². The molecule has 1 unspecified atom stereocenters. The highest BCUT2D eigenvalue weighted by molar-refractivity contribution is 6.32. The van der Waals surface area contributed by atoms with Crippen LogP contribution in [0.15, 0.2) is 127 Å². The summed E-state index contributed by atoms with van der Waals surface area (Å²) >= 11 is 0. The van der Waals surface area contributed by atoms with Crippen LogP contribution < -0.4 is 10.6 Å². The molecule has 0 spiro atoms. The lowest BCUT2D eigenvalue weighted by Gasteiger charge is -2.28. The molecule has 0 saturated carbocycles. The van der Waals surface area contributed by atoms with Gasteiger partial charge in [0, 0.05) is 28.3 Å². The van der Waals surface area contributed by atoms with Gasteiger partial charge in [0.05, 0.1) is 5.70 Å². The molecule has 1 atom stereocenters. The van der Waals surface area contributed by atoms with Crippen LogP contribution in [-0.4, -0.2) is 29.1 Å². The van der Waals surface area contributed by atoms with Crippen molar-refractivity contribution in [2.45, 2.75) is 32.6 Å². The van der Waals surface area contributed by atoms with Gasteiger partial charge in [-0.15, -0.1) is 0 Å². The van der Waals surface area contributed by atoms with E-state index in [1.165, 1.54) is 0 Å². The Balaban J connectivity index is 1.43. The minimum atomic E-state index is -0.911. The number of benzene rings is 3. The van der Waals surface area contributed by atoms with E-state index in [1.54, 1.807) is 0 Å². The van der Waals surface area contributed by atoms with Crippen molar-refractivity contribution in [3.63, 3.8) is 0 Å². The smallest absolute Gasteiger partial charge is 0.248 e. The zero-order chi connectivity index (χ0) is 28.1. The average Bonchev–Trinajstić information content (AvgIpc) is 3.54. The molecule has 201 valence electrons. The molecular weight excluding hydrogens is 494 g/mol. The van der Waals surface area contributed by atoms with E-state index in [-0.39, 0.29) is 0 Å². The first-order valence-corrected chi connectivity index (χ1v) is 13.7. The summed E-state index contributed by atoms with van der Waals surface area (Å²) in [6.45, 7) is 6.27. The molecule has 0 bridgehead atoms. The normalized spacial score (nSPS) is 18.2. The molecule has 2 N–H and O–H groups in total. The van der Waals surface area contributed by atoms with E-state index < -0.39 is 5.54 Å². The van der Waals surface area contributed by atoms with Gasteiger partial charge in [-0.1, -0.05) is 72.0 Å². The molecule has 0 fully saturated rings. The maximum absolute atomic E-state index is 16.1. The van der Waals surface area contributed by atoms with Crippen LogP contribution in [0.4, 0.5) is 21.5 Å². The lowest BCUT2D eigenvalue weighted by Crippen LogP contribution is -2.32. The quantitative estimate of drug-likeness (QED) is 0.176. The lowest BCUT2D eigenvalue weighted by molar-refractivity contribution is 0.0246. The van der Waals surface area contributed by atoms with Gasteiger partial charge in [-0.25, -0.2) is 0 Å². The molecule has 0 amide bonds. The average molecular weight is 529 g/mol. The van der Waals surface area contributed by atoms with Crippen LogP contribution in [0.25, 0.3) is 11.6 Å². The molecule has 1 aromatic heterocycles. The minimum absolute atomic E-state index is 0.441. The molecule has 0 saturated heterocycles. The standard InChI is InChI=1S/C34H35BFN4/c1-26-25-34(2,40(36)33(26)31(21-23-37)32-15-10-24-38(32)35-3)22-20-27-16-18-30(19-17-27)39(28-11-6-4-7-12-28)29-13-8-5-9-14-29/h4-20,22,24-25H,21,23,37H2,1-3H3/b22-20+,33-31-. The Kier molecular flexibility index (Phi) is 8.08. The zero-order valence-electron chi connectivity index (χ0n) is 23.3. The highest BCUT2D eigenvalue weighted by atomic mass is 19.2. The zero-order valence-corrected chi connectivity index (χ0v) is 23.3. The minimum Gasteiger partial charge on any atom is -0.397 e. The summed E-state index contributed by atoms with van der Waals surface area (Å²) in [5, 5.41) is 0.887. The summed E-state index contributed by atoms with van der Waals surface area (Å²) < 4.78 is 18.2. The molecule has 0 aliphatic carbocycles. The molecule has 6 heteroatoms. The van der Waals surface area contributed by atoms with E-state index in [4.69, 9.17) is 5.73 Å². The molecule has 5 rings (SSSR count). The van der Waals surface area contributed by atoms with Crippen LogP contribution in [0.1, 0.15) is 31.5 Å². The third kappa shape index (κ3) is 5.40. The highest BCUT2D eigenvalue weighted by Gasteiger charge is 2.38. The number of allylic oxidation sites excluding steroid dienone is 1. The van der Waals surface area contributed by atoms with Crippen molar-refractivity contribution < 1.29 is 4.48 Å². The Labute approximate surface area is 237 Å². The summed E-state index contributed by atoms with van der Waals surface area (Å²) in [6, 6.07) is 33.0. The summed E-state index contributed by atoms with van der Waals surface area (Å²) in [4.78, 5) is 2.22. The number of nitrogens with zero attached hydrogens (tertiary/aromatic N) is 3. The van der Waals surface area contributed by atoms with Crippen LogP contribution in [0.3, 0.4) is 0 Å². The number of hydrogen-bond donors (Lipinski definition) is 1. The Hall–Kier alpha value is -4.29. The fourth-order valence-corrected chi connectivity index (χ4v) is 5.42. The van der Waals surface area contributed by atoms with E-state index in [2.05, 4.69) is 53.4 Å². The van der Waals surface area contributed by atoms with Gasteiger partial charge >= 0.3 is 0 Å². The predicted octanol–water partition coefficient (Wildman–Crippen LogP) is 8.15. The lowest BCUT2D eigenvalue weighted by atomic mass is 9.95. The van der Waals surface area contributed by atoms with Crippen molar-refractivity contribution in [3.05, 3.63) is 138 Å². The number of rotatable bonds is 9. The van der Waals surface area contributed by atoms with Gasteiger partial charge in [0.1, 0.15) is 5.54 Å². The van der Waals surface area contributed by atoms with Gasteiger partial charge in [0.25, 0.3) is 0 Å². The summed E-state index contributed by atoms with van der Waals surface area (Å²) in [6.07, 6.45) is 8.46.